The van der Waals surface area contributed by atoms with Gasteiger partial charge < -0.3 is 0 Å². The van der Waals surface area contributed by atoms with Gasteiger partial charge in [0.15, 0.2) is 0 Å². The monoisotopic (exact) mass is 351 g/mol. The fraction of sp³-hybridized carbons (Fsp3) is 0.571. The summed E-state index contributed by atoms with van der Waals surface area (Å²) in [6, 6.07) is 2.77. The van der Waals surface area contributed by atoms with Gasteiger partial charge in [0, 0.05) is 35.0 Å². The molecule has 118 valence electrons. The highest BCUT2D eigenvalue weighted by Crippen LogP contribution is 2.33. The number of nitrogens with zero attached hydrogens (tertiary/aromatic N) is 1. The van der Waals surface area contributed by atoms with E-state index in [0.29, 0.717) is 18.7 Å². The lowest BCUT2D eigenvalue weighted by Crippen LogP contribution is -2.46. The second-order valence-corrected chi connectivity index (χ2v) is 9.76. The quantitative estimate of drug-likeness (QED) is 0.783. The maximum Gasteiger partial charge on any atom is 0.243 e. The van der Waals surface area contributed by atoms with Gasteiger partial charge in [0.25, 0.3) is 0 Å². The first-order valence-electron chi connectivity index (χ1n) is 6.66. The van der Waals surface area contributed by atoms with Crippen molar-refractivity contribution in [3.8, 4) is 0 Å². The van der Waals surface area contributed by atoms with E-state index >= 15 is 0 Å². The summed E-state index contributed by atoms with van der Waals surface area (Å²) in [4.78, 5) is 0.0286. The maximum atomic E-state index is 13.9. The van der Waals surface area contributed by atoms with E-state index in [1.165, 1.54) is 23.4 Å². The van der Waals surface area contributed by atoms with Crippen molar-refractivity contribution in [1.29, 1.82) is 0 Å². The Hall–Kier alpha value is -0.300. The van der Waals surface area contributed by atoms with E-state index in [-0.39, 0.29) is 21.1 Å². The lowest BCUT2D eigenvalue weighted by atomic mass is 10.1. The Morgan fingerprint density at radius 3 is 2.67 bits per heavy atom. The number of thioether (sulfide) groups is 1. The maximum absolute atomic E-state index is 13.9. The molecule has 1 aromatic rings. The molecule has 0 aromatic heterocycles. The Labute approximate surface area is 134 Å². The number of rotatable bonds is 3. The minimum absolute atomic E-state index is 0.0286. The van der Waals surface area contributed by atoms with Crippen LogP contribution in [-0.4, -0.2) is 36.3 Å². The van der Waals surface area contributed by atoms with Gasteiger partial charge in [0.05, 0.1) is 4.90 Å². The van der Waals surface area contributed by atoms with Crippen molar-refractivity contribution in [3.63, 3.8) is 0 Å². The van der Waals surface area contributed by atoms with Crippen LogP contribution in [0.3, 0.4) is 0 Å². The summed E-state index contributed by atoms with van der Waals surface area (Å²) >= 11 is 7.48. The van der Waals surface area contributed by atoms with E-state index in [4.69, 9.17) is 11.6 Å². The lowest BCUT2D eigenvalue weighted by molar-refractivity contribution is 0.387. The van der Waals surface area contributed by atoms with Crippen LogP contribution < -0.4 is 0 Å². The smallest absolute Gasteiger partial charge is 0.207 e. The number of alkyl halides is 1. The molecule has 3 nitrogen and oxygen atoms in total. The molecule has 0 spiro atoms. The molecule has 21 heavy (non-hydrogen) atoms. The fourth-order valence-electron chi connectivity index (χ4n) is 2.37. The lowest BCUT2D eigenvalue weighted by Gasteiger charge is -2.36. The van der Waals surface area contributed by atoms with E-state index in [1.54, 1.807) is 11.8 Å². The van der Waals surface area contributed by atoms with Gasteiger partial charge in [-0.3, -0.25) is 0 Å². The normalized spacial score (nSPS) is 19.7. The van der Waals surface area contributed by atoms with Gasteiger partial charge in [-0.2, -0.15) is 16.1 Å². The summed E-state index contributed by atoms with van der Waals surface area (Å²) in [5, 5.41) is 0. The van der Waals surface area contributed by atoms with E-state index in [0.717, 1.165) is 5.75 Å². The Kier molecular flexibility index (Phi) is 4.93. The molecule has 1 aromatic carbocycles. The third kappa shape index (κ3) is 3.55. The first-order valence-corrected chi connectivity index (χ1v) is 9.62. The molecule has 0 saturated carbocycles. The Morgan fingerprint density at radius 2 is 2.10 bits per heavy atom. The molecular formula is C14H19ClFNO2S2. The van der Waals surface area contributed by atoms with E-state index in [9.17, 15) is 12.8 Å². The van der Waals surface area contributed by atoms with Gasteiger partial charge in [0.1, 0.15) is 5.82 Å². The molecule has 0 N–H and O–H groups in total. The second kappa shape index (κ2) is 6.07. The zero-order valence-electron chi connectivity index (χ0n) is 12.3. The molecule has 2 rings (SSSR count). The van der Waals surface area contributed by atoms with Crippen LogP contribution in [0.1, 0.15) is 25.0 Å². The van der Waals surface area contributed by atoms with Gasteiger partial charge in [0.2, 0.25) is 10.0 Å². The highest BCUT2D eigenvalue weighted by molar-refractivity contribution is 8.00. The minimum Gasteiger partial charge on any atom is -0.207 e. The summed E-state index contributed by atoms with van der Waals surface area (Å²) in [5.41, 5.74) is 0.629. The van der Waals surface area contributed by atoms with Gasteiger partial charge in [-0.25, -0.2) is 12.8 Å². The number of hydrogen-bond acceptors (Lipinski definition) is 3. The van der Waals surface area contributed by atoms with Crippen LogP contribution in [0.2, 0.25) is 0 Å². The van der Waals surface area contributed by atoms with Crippen LogP contribution in [0.5, 0.6) is 0 Å². The third-order valence-corrected chi connectivity index (χ3v) is 7.10. The number of halogens is 2. The summed E-state index contributed by atoms with van der Waals surface area (Å²) in [6.07, 6.45) is 0. The first kappa shape index (κ1) is 17.1. The summed E-state index contributed by atoms with van der Waals surface area (Å²) in [6.45, 7) is 6.39. The largest absolute Gasteiger partial charge is 0.243 e. The topological polar surface area (TPSA) is 37.4 Å². The highest BCUT2D eigenvalue weighted by Gasteiger charge is 2.35. The van der Waals surface area contributed by atoms with Crippen LogP contribution >= 0.6 is 23.4 Å². The summed E-state index contributed by atoms with van der Waals surface area (Å²) in [5.74, 6) is 0.293. The van der Waals surface area contributed by atoms with Gasteiger partial charge in [-0.1, -0.05) is 0 Å². The SMILES string of the molecule is Cc1c(F)cc(CCl)cc1S(=O)(=O)N1CCSC(C)(C)C1. The minimum atomic E-state index is -3.70. The molecule has 0 bridgehead atoms. The molecular weight excluding hydrogens is 333 g/mol. The number of sulfonamides is 1. The molecule has 0 unspecified atom stereocenters. The van der Waals surface area contributed by atoms with Crippen LogP contribution in [0, 0.1) is 12.7 Å². The molecule has 1 aliphatic heterocycles. The molecule has 7 heteroatoms. The zero-order chi connectivity index (χ0) is 15.8. The molecule has 1 aliphatic rings. The van der Waals surface area contributed by atoms with E-state index in [2.05, 4.69) is 0 Å². The van der Waals surface area contributed by atoms with E-state index in [1.807, 2.05) is 13.8 Å². The Balaban J connectivity index is 2.47. The van der Waals surface area contributed by atoms with Gasteiger partial charge in [-0.15, -0.1) is 11.6 Å². The molecule has 1 saturated heterocycles. The van der Waals surface area contributed by atoms with Crippen LogP contribution in [0.15, 0.2) is 17.0 Å². The molecule has 0 aliphatic carbocycles. The van der Waals surface area contributed by atoms with Crippen molar-refractivity contribution in [3.05, 3.63) is 29.1 Å². The van der Waals surface area contributed by atoms with Crippen molar-refractivity contribution < 1.29 is 12.8 Å². The third-order valence-electron chi connectivity index (χ3n) is 3.52. The average Bonchev–Trinajstić information content (AvgIpc) is 2.40. The van der Waals surface area contributed by atoms with Gasteiger partial charge >= 0.3 is 0 Å². The van der Waals surface area contributed by atoms with Crippen molar-refractivity contribution in [2.45, 2.75) is 36.3 Å². The number of benzene rings is 1. The number of hydrogen-bond donors (Lipinski definition) is 0. The summed E-state index contributed by atoms with van der Waals surface area (Å²) in [7, 11) is -3.70. The van der Waals surface area contributed by atoms with Crippen molar-refractivity contribution in [2.75, 3.05) is 18.8 Å². The molecule has 1 heterocycles. The molecule has 1 fully saturated rings. The molecule has 0 atom stereocenters. The van der Waals surface area contributed by atoms with Crippen LogP contribution in [0.25, 0.3) is 0 Å². The molecule has 0 amide bonds. The first-order chi connectivity index (χ1) is 9.67. The van der Waals surface area contributed by atoms with E-state index < -0.39 is 15.8 Å². The predicted octanol–water partition coefficient (Wildman–Crippen LogP) is 3.39. The average molecular weight is 352 g/mol. The Morgan fingerprint density at radius 1 is 1.43 bits per heavy atom. The standard InChI is InChI=1S/C14H19ClFNO2S2/c1-10-12(16)6-11(8-15)7-13(10)21(18,19)17-4-5-20-14(2,3)9-17/h6-7H,4-5,8-9H2,1-3H3. The van der Waals surface area contributed by atoms with Crippen molar-refractivity contribution in [1.82, 2.24) is 4.31 Å². The van der Waals surface area contributed by atoms with Crippen molar-refractivity contribution >= 4 is 33.4 Å². The zero-order valence-corrected chi connectivity index (χ0v) is 14.7. The fourth-order valence-corrected chi connectivity index (χ4v) is 5.72. The highest BCUT2D eigenvalue weighted by atomic mass is 35.5. The van der Waals surface area contributed by atoms with Crippen LogP contribution in [0.4, 0.5) is 4.39 Å². The summed E-state index contributed by atoms with van der Waals surface area (Å²) < 4.78 is 40.9. The predicted molar refractivity (Wildman–Crippen MR) is 86.0 cm³/mol. The van der Waals surface area contributed by atoms with Crippen LogP contribution in [-0.2, 0) is 15.9 Å². The molecule has 0 radical (unpaired) electrons. The Bertz CT molecular complexity index is 647. The second-order valence-electron chi connectivity index (χ2n) is 5.78. The van der Waals surface area contributed by atoms with Crippen molar-refractivity contribution in [2.24, 2.45) is 0 Å². The van der Waals surface area contributed by atoms with Gasteiger partial charge in [-0.05, 0) is 38.5 Å².